The van der Waals surface area contributed by atoms with E-state index in [0.717, 1.165) is 17.7 Å². The van der Waals surface area contributed by atoms with Crippen LogP contribution in [0, 0.1) is 18.6 Å². The summed E-state index contributed by atoms with van der Waals surface area (Å²) >= 11 is 0. The zero-order valence-electron chi connectivity index (χ0n) is 11.7. The number of rotatable bonds is 4. The van der Waals surface area contributed by atoms with E-state index >= 15 is 0 Å². The van der Waals surface area contributed by atoms with Crippen LogP contribution in [0.3, 0.4) is 0 Å². The standard InChI is InChI=1S/C16H15F2NO2/c1-10-3-6-12(7-4-10)19-15(16(20)21-2)13-8-5-11(17)9-14(13)18/h3-9,15,19H,1-2H3. The first-order valence-electron chi connectivity index (χ1n) is 6.37. The predicted molar refractivity (Wildman–Crippen MR) is 75.9 cm³/mol. The number of benzene rings is 2. The van der Waals surface area contributed by atoms with E-state index in [4.69, 9.17) is 0 Å². The lowest BCUT2D eigenvalue weighted by Crippen LogP contribution is -2.23. The van der Waals surface area contributed by atoms with Crippen molar-refractivity contribution in [3.8, 4) is 0 Å². The number of anilines is 1. The topological polar surface area (TPSA) is 38.3 Å². The van der Waals surface area contributed by atoms with Gasteiger partial charge in [0.1, 0.15) is 11.6 Å². The fourth-order valence-electron chi connectivity index (χ4n) is 1.93. The van der Waals surface area contributed by atoms with Crippen LogP contribution < -0.4 is 5.32 Å². The van der Waals surface area contributed by atoms with Gasteiger partial charge in [0.2, 0.25) is 0 Å². The summed E-state index contributed by atoms with van der Waals surface area (Å²) < 4.78 is 31.6. The van der Waals surface area contributed by atoms with E-state index in [9.17, 15) is 13.6 Å². The van der Waals surface area contributed by atoms with Gasteiger partial charge in [0.05, 0.1) is 7.11 Å². The van der Waals surface area contributed by atoms with Crippen LogP contribution >= 0.6 is 0 Å². The summed E-state index contributed by atoms with van der Waals surface area (Å²) in [4.78, 5) is 11.9. The SMILES string of the molecule is COC(=O)C(Nc1ccc(C)cc1)c1ccc(F)cc1F. The van der Waals surface area contributed by atoms with Crippen LogP contribution in [0.15, 0.2) is 42.5 Å². The van der Waals surface area contributed by atoms with Gasteiger partial charge in [0.25, 0.3) is 0 Å². The molecule has 1 unspecified atom stereocenters. The van der Waals surface area contributed by atoms with Gasteiger partial charge in [0.15, 0.2) is 6.04 Å². The molecular weight excluding hydrogens is 276 g/mol. The summed E-state index contributed by atoms with van der Waals surface area (Å²) in [6.07, 6.45) is 0. The third-order valence-corrected chi connectivity index (χ3v) is 3.07. The predicted octanol–water partition coefficient (Wildman–Crippen LogP) is 3.60. The molecule has 0 aliphatic carbocycles. The maximum absolute atomic E-state index is 13.9. The number of carbonyl (C=O) groups is 1. The van der Waals surface area contributed by atoms with E-state index in [0.29, 0.717) is 5.69 Å². The Morgan fingerprint density at radius 2 is 1.81 bits per heavy atom. The van der Waals surface area contributed by atoms with Gasteiger partial charge >= 0.3 is 5.97 Å². The molecule has 0 radical (unpaired) electrons. The highest BCUT2D eigenvalue weighted by atomic mass is 19.1. The van der Waals surface area contributed by atoms with Crippen LogP contribution in [0.4, 0.5) is 14.5 Å². The maximum atomic E-state index is 13.9. The summed E-state index contributed by atoms with van der Waals surface area (Å²) in [6, 6.07) is 9.29. The molecule has 2 aromatic rings. The summed E-state index contributed by atoms with van der Waals surface area (Å²) in [6.45, 7) is 1.93. The van der Waals surface area contributed by atoms with Crippen LogP contribution in [0.1, 0.15) is 17.2 Å². The fraction of sp³-hybridized carbons (Fsp3) is 0.188. The molecule has 0 aromatic heterocycles. The van der Waals surface area contributed by atoms with E-state index in [-0.39, 0.29) is 5.56 Å². The largest absolute Gasteiger partial charge is 0.467 e. The Labute approximate surface area is 121 Å². The Morgan fingerprint density at radius 3 is 2.38 bits per heavy atom. The zero-order valence-corrected chi connectivity index (χ0v) is 11.7. The van der Waals surface area contributed by atoms with Crippen molar-refractivity contribution in [2.24, 2.45) is 0 Å². The Morgan fingerprint density at radius 1 is 1.14 bits per heavy atom. The van der Waals surface area contributed by atoms with Crippen molar-refractivity contribution in [1.29, 1.82) is 0 Å². The molecule has 0 fully saturated rings. The van der Waals surface area contributed by atoms with Crippen molar-refractivity contribution in [2.75, 3.05) is 12.4 Å². The highest BCUT2D eigenvalue weighted by Gasteiger charge is 2.24. The molecule has 0 aliphatic heterocycles. The summed E-state index contributed by atoms with van der Waals surface area (Å²) in [5, 5.41) is 2.90. The van der Waals surface area contributed by atoms with Gasteiger partial charge in [-0.05, 0) is 25.1 Å². The number of aryl methyl sites for hydroxylation is 1. The van der Waals surface area contributed by atoms with E-state index < -0.39 is 23.6 Å². The van der Waals surface area contributed by atoms with Crippen molar-refractivity contribution in [2.45, 2.75) is 13.0 Å². The van der Waals surface area contributed by atoms with E-state index in [2.05, 4.69) is 10.1 Å². The minimum absolute atomic E-state index is 0.0313. The van der Waals surface area contributed by atoms with Gasteiger partial charge in [-0.15, -0.1) is 0 Å². The Bertz CT molecular complexity index is 641. The minimum atomic E-state index is -1.04. The molecule has 0 amide bonds. The summed E-state index contributed by atoms with van der Waals surface area (Å²) in [7, 11) is 1.22. The van der Waals surface area contributed by atoms with Crippen molar-refractivity contribution in [1.82, 2.24) is 0 Å². The molecule has 0 saturated carbocycles. The summed E-state index contributed by atoms with van der Waals surface area (Å²) in [5.74, 6) is -2.15. The molecule has 0 aliphatic rings. The molecule has 2 rings (SSSR count). The lowest BCUT2D eigenvalue weighted by atomic mass is 10.1. The number of nitrogens with one attached hydrogen (secondary N) is 1. The fourth-order valence-corrected chi connectivity index (χ4v) is 1.93. The molecule has 0 heterocycles. The third kappa shape index (κ3) is 3.56. The molecule has 3 nitrogen and oxygen atoms in total. The molecule has 5 heteroatoms. The molecule has 1 atom stereocenters. The van der Waals surface area contributed by atoms with Crippen LogP contribution in [0.2, 0.25) is 0 Å². The Kier molecular flexibility index (Phi) is 4.52. The van der Waals surface area contributed by atoms with Crippen molar-refractivity contribution in [3.63, 3.8) is 0 Å². The molecule has 1 N–H and O–H groups in total. The van der Waals surface area contributed by atoms with Gasteiger partial charge in [-0.3, -0.25) is 0 Å². The smallest absolute Gasteiger partial charge is 0.333 e. The number of hydrogen-bond donors (Lipinski definition) is 1. The first-order valence-corrected chi connectivity index (χ1v) is 6.37. The Hall–Kier alpha value is -2.43. The average molecular weight is 291 g/mol. The molecule has 110 valence electrons. The van der Waals surface area contributed by atoms with Crippen LogP contribution in [0.5, 0.6) is 0 Å². The van der Waals surface area contributed by atoms with Crippen LogP contribution in [-0.2, 0) is 9.53 Å². The van der Waals surface area contributed by atoms with E-state index in [1.165, 1.54) is 13.2 Å². The number of esters is 1. The van der Waals surface area contributed by atoms with Gasteiger partial charge in [-0.25, -0.2) is 13.6 Å². The maximum Gasteiger partial charge on any atom is 0.333 e. The van der Waals surface area contributed by atoms with Gasteiger partial charge in [-0.2, -0.15) is 0 Å². The molecule has 0 bridgehead atoms. The van der Waals surface area contributed by atoms with Crippen molar-refractivity contribution < 1.29 is 18.3 Å². The molecule has 0 saturated heterocycles. The zero-order chi connectivity index (χ0) is 15.4. The first-order chi connectivity index (χ1) is 10.0. The Balaban J connectivity index is 2.34. The molecule has 2 aromatic carbocycles. The number of hydrogen-bond acceptors (Lipinski definition) is 3. The second-order valence-corrected chi connectivity index (χ2v) is 4.63. The lowest BCUT2D eigenvalue weighted by Gasteiger charge is -2.18. The number of carbonyl (C=O) groups excluding carboxylic acids is 1. The minimum Gasteiger partial charge on any atom is -0.467 e. The van der Waals surface area contributed by atoms with Gasteiger partial charge in [-0.1, -0.05) is 23.8 Å². The lowest BCUT2D eigenvalue weighted by molar-refractivity contribution is -0.141. The van der Waals surface area contributed by atoms with Gasteiger partial charge in [0, 0.05) is 17.3 Å². The van der Waals surface area contributed by atoms with Crippen LogP contribution in [0.25, 0.3) is 0 Å². The quantitative estimate of drug-likeness (QED) is 0.875. The number of ether oxygens (including phenoxy) is 1. The van der Waals surface area contributed by atoms with Crippen LogP contribution in [-0.4, -0.2) is 13.1 Å². The van der Waals surface area contributed by atoms with Gasteiger partial charge < -0.3 is 10.1 Å². The first kappa shape index (κ1) is 15.0. The third-order valence-electron chi connectivity index (χ3n) is 3.07. The highest BCUT2D eigenvalue weighted by molar-refractivity contribution is 5.81. The number of methoxy groups -OCH3 is 1. The molecular formula is C16H15F2NO2. The highest BCUT2D eigenvalue weighted by Crippen LogP contribution is 2.24. The molecule has 21 heavy (non-hydrogen) atoms. The second-order valence-electron chi connectivity index (χ2n) is 4.63. The number of halogens is 2. The normalized spacial score (nSPS) is 11.8. The monoisotopic (exact) mass is 291 g/mol. The molecule has 0 spiro atoms. The second kappa shape index (κ2) is 6.35. The van der Waals surface area contributed by atoms with Crippen molar-refractivity contribution >= 4 is 11.7 Å². The van der Waals surface area contributed by atoms with Crippen molar-refractivity contribution in [3.05, 3.63) is 65.2 Å². The summed E-state index contributed by atoms with van der Waals surface area (Å²) in [5.41, 5.74) is 1.73. The van der Waals surface area contributed by atoms with E-state index in [1.54, 1.807) is 12.1 Å². The van der Waals surface area contributed by atoms with E-state index in [1.807, 2.05) is 19.1 Å². The average Bonchev–Trinajstić information content (AvgIpc) is 2.47.